The highest BCUT2D eigenvalue weighted by Crippen LogP contribution is 2.52. The molecule has 0 saturated carbocycles. The van der Waals surface area contributed by atoms with E-state index in [0.29, 0.717) is 26.1 Å². The second-order valence-electron chi connectivity index (χ2n) is 19.5. The maximum atomic E-state index is 11.4. The molecule has 7 rings (SSSR count). The Morgan fingerprint density at radius 2 is 0.791 bits per heavy atom. The minimum atomic E-state index is -0.432. The lowest BCUT2D eigenvalue weighted by Crippen LogP contribution is -2.18. The molecule has 0 saturated heterocycles. The molecule has 0 aliphatic heterocycles. The molecule has 8 nitrogen and oxygen atoms in total. The lowest BCUT2D eigenvalue weighted by atomic mass is 9.82. The van der Waals surface area contributed by atoms with Crippen molar-refractivity contribution in [3.8, 4) is 22.6 Å². The van der Waals surface area contributed by atoms with Gasteiger partial charge in [0.1, 0.15) is 11.5 Å². The zero-order valence-corrected chi connectivity index (χ0v) is 40.4. The van der Waals surface area contributed by atoms with Crippen molar-refractivity contribution in [1.29, 1.82) is 0 Å². The first-order valence-electron chi connectivity index (χ1n) is 23.1. The van der Waals surface area contributed by atoms with Crippen LogP contribution in [0, 0.1) is 0 Å². The van der Waals surface area contributed by atoms with E-state index in [1.165, 1.54) is 45.5 Å². The van der Waals surface area contributed by atoms with Crippen molar-refractivity contribution < 1.29 is 28.5 Å². The number of nitrogens with zero attached hydrogens (tertiary/aromatic N) is 2. The number of rotatable bonds is 18. The predicted octanol–water partition coefficient (Wildman–Crippen LogP) is 14.5. The quantitative estimate of drug-likeness (QED) is 0.0480. The Balaban J connectivity index is 1.20. The number of hydrogen-bond acceptors (Lipinski definition) is 8. The Morgan fingerprint density at radius 1 is 0.478 bits per heavy atom. The van der Waals surface area contributed by atoms with Gasteiger partial charge in [0.15, 0.2) is 0 Å². The smallest absolute Gasteiger partial charge is 0.330 e. The van der Waals surface area contributed by atoms with Gasteiger partial charge < -0.3 is 28.7 Å². The molecule has 0 amide bonds. The van der Waals surface area contributed by atoms with E-state index in [1.807, 2.05) is 24.3 Å². The van der Waals surface area contributed by atoms with Gasteiger partial charge >= 0.3 is 11.9 Å². The first kappa shape index (κ1) is 47.9. The Bertz CT molecular complexity index is 2500. The molecule has 0 atom stereocenters. The molecular weight excluding hydrogens is 833 g/mol. The van der Waals surface area contributed by atoms with Crippen molar-refractivity contribution in [2.45, 2.75) is 84.5 Å². The van der Waals surface area contributed by atoms with Crippen molar-refractivity contribution >= 4 is 46.1 Å². The third-order valence-corrected chi connectivity index (χ3v) is 12.3. The number of hydrogen-bond donors (Lipinski definition) is 0. The molecule has 67 heavy (non-hydrogen) atoms. The van der Waals surface area contributed by atoms with Gasteiger partial charge in [-0.2, -0.15) is 0 Å². The van der Waals surface area contributed by atoms with E-state index in [2.05, 4.69) is 188 Å². The summed E-state index contributed by atoms with van der Waals surface area (Å²) in [5, 5.41) is 0. The van der Waals surface area contributed by atoms with Crippen LogP contribution in [-0.2, 0) is 35.3 Å². The highest BCUT2D eigenvalue weighted by molar-refractivity contribution is 5.88. The molecule has 6 aromatic carbocycles. The van der Waals surface area contributed by atoms with Gasteiger partial charge in [-0.15, -0.1) is 0 Å². The van der Waals surface area contributed by atoms with Crippen molar-refractivity contribution in [2.24, 2.45) is 0 Å². The summed E-state index contributed by atoms with van der Waals surface area (Å²) in [5.74, 6) is 0.621. The SMILES string of the molecule is C=CC(=O)OCCCOc1ccc(N(c2ccc(C(C)(C)C)cc2)c2ccc3c(c2)C(C)(C)c2cc(N(c4ccc(OCCCOC(=O)C=C)cc4)c4ccc(C(C)(C)C)cc4)ccc2-3)cc1. The Hall–Kier alpha value is -7.06. The zero-order chi connectivity index (χ0) is 47.9. The van der Waals surface area contributed by atoms with Crippen LogP contribution in [0.15, 0.2) is 159 Å². The summed E-state index contributed by atoms with van der Waals surface area (Å²) < 4.78 is 22.3. The lowest BCUT2D eigenvalue weighted by Gasteiger charge is -2.30. The first-order chi connectivity index (χ1) is 32.0. The summed E-state index contributed by atoms with van der Waals surface area (Å²) in [6.07, 6.45) is 3.49. The number of esters is 2. The maximum Gasteiger partial charge on any atom is 0.330 e. The van der Waals surface area contributed by atoms with Gasteiger partial charge in [0.2, 0.25) is 0 Å². The third kappa shape index (κ3) is 11.1. The molecular formula is C59H64N2O6. The summed E-state index contributed by atoms with van der Waals surface area (Å²) in [7, 11) is 0. The number of carbonyl (C=O) groups is 2. The van der Waals surface area contributed by atoms with Crippen LogP contribution in [0.4, 0.5) is 34.1 Å². The second-order valence-corrected chi connectivity index (χ2v) is 19.5. The molecule has 0 radical (unpaired) electrons. The van der Waals surface area contributed by atoms with Gasteiger partial charge in [0, 0.05) is 64.5 Å². The predicted molar refractivity (Wildman–Crippen MR) is 273 cm³/mol. The fourth-order valence-electron chi connectivity index (χ4n) is 8.45. The van der Waals surface area contributed by atoms with Crippen molar-refractivity contribution in [1.82, 2.24) is 0 Å². The van der Waals surface area contributed by atoms with Gasteiger partial charge in [-0.3, -0.25) is 0 Å². The Kier molecular flexibility index (Phi) is 14.4. The average Bonchev–Trinajstić information content (AvgIpc) is 3.54. The minimum Gasteiger partial charge on any atom is -0.493 e. The van der Waals surface area contributed by atoms with Crippen LogP contribution < -0.4 is 19.3 Å². The molecule has 1 aliphatic carbocycles. The molecule has 0 unspecified atom stereocenters. The van der Waals surface area contributed by atoms with Crippen molar-refractivity contribution in [3.63, 3.8) is 0 Å². The van der Waals surface area contributed by atoms with E-state index in [4.69, 9.17) is 18.9 Å². The Labute approximate surface area is 397 Å². The summed E-state index contributed by atoms with van der Waals surface area (Å²) in [6.45, 7) is 26.3. The van der Waals surface area contributed by atoms with Crippen LogP contribution in [0.25, 0.3) is 11.1 Å². The molecule has 0 heterocycles. The fourth-order valence-corrected chi connectivity index (χ4v) is 8.45. The number of benzene rings is 6. The summed E-state index contributed by atoms with van der Waals surface area (Å²) in [4.78, 5) is 27.5. The highest BCUT2D eigenvalue weighted by atomic mass is 16.5. The van der Waals surface area contributed by atoms with E-state index in [0.717, 1.165) is 45.6 Å². The normalized spacial score (nSPS) is 12.6. The van der Waals surface area contributed by atoms with Crippen molar-refractivity contribution in [2.75, 3.05) is 36.2 Å². The van der Waals surface area contributed by atoms with E-state index in [-0.39, 0.29) is 29.5 Å². The van der Waals surface area contributed by atoms with Crippen LogP contribution in [0.5, 0.6) is 11.5 Å². The number of anilines is 6. The van der Waals surface area contributed by atoms with Crippen LogP contribution >= 0.6 is 0 Å². The van der Waals surface area contributed by atoms with Gasteiger partial charge in [0.25, 0.3) is 0 Å². The van der Waals surface area contributed by atoms with Gasteiger partial charge in [-0.25, -0.2) is 9.59 Å². The average molecular weight is 897 g/mol. The molecule has 1 aliphatic rings. The topological polar surface area (TPSA) is 77.5 Å². The largest absolute Gasteiger partial charge is 0.493 e. The fraction of sp³-hybridized carbons (Fsp3) is 0.288. The van der Waals surface area contributed by atoms with Gasteiger partial charge in [0.05, 0.1) is 26.4 Å². The lowest BCUT2D eigenvalue weighted by molar-refractivity contribution is -0.138. The molecule has 6 aromatic rings. The van der Waals surface area contributed by atoms with E-state index in [9.17, 15) is 9.59 Å². The second kappa shape index (κ2) is 20.2. The van der Waals surface area contributed by atoms with Gasteiger partial charge in [-0.1, -0.05) is 105 Å². The molecule has 0 bridgehead atoms. The Morgan fingerprint density at radius 3 is 1.10 bits per heavy atom. The van der Waals surface area contributed by atoms with E-state index in [1.54, 1.807) is 0 Å². The summed E-state index contributed by atoms with van der Waals surface area (Å²) >= 11 is 0. The molecule has 0 aromatic heterocycles. The van der Waals surface area contributed by atoms with E-state index < -0.39 is 11.9 Å². The van der Waals surface area contributed by atoms with Crippen LogP contribution in [0.2, 0.25) is 0 Å². The molecule has 0 spiro atoms. The monoisotopic (exact) mass is 896 g/mol. The van der Waals surface area contributed by atoms with Crippen molar-refractivity contribution in [3.05, 3.63) is 181 Å². The molecule has 0 N–H and O–H groups in total. The number of ether oxygens (including phenoxy) is 4. The molecule has 8 heteroatoms. The first-order valence-corrected chi connectivity index (χ1v) is 23.1. The van der Waals surface area contributed by atoms with Crippen LogP contribution in [0.3, 0.4) is 0 Å². The molecule has 0 fully saturated rings. The number of fused-ring (bicyclic) bond motifs is 3. The summed E-state index contributed by atoms with van der Waals surface area (Å²) in [6, 6.07) is 47.8. The summed E-state index contributed by atoms with van der Waals surface area (Å²) in [5.41, 5.74) is 13.4. The van der Waals surface area contributed by atoms with Gasteiger partial charge in [-0.05, 0) is 141 Å². The minimum absolute atomic E-state index is 0.0173. The standard InChI is InChI=1S/C59H64N2O6/c1-11-55(62)66-37-13-35-64-49-29-23-45(24-30-49)60(43-19-15-41(16-20-43)57(3,4)5)47-27-33-51-52-34-28-48(40-54(52)59(9,10)53(51)39-47)61(44-21-17-42(18-22-44)58(6,7)8)46-25-31-50(32-26-46)65-36-14-38-67-56(63)12-2/h11-12,15-34,39-40H,1-2,13-14,35-38H2,3-10H3. The number of carbonyl (C=O) groups excluding carboxylic acids is 2. The van der Waals surface area contributed by atoms with Crippen LogP contribution in [0.1, 0.15) is 90.5 Å². The highest BCUT2D eigenvalue weighted by Gasteiger charge is 2.37. The maximum absolute atomic E-state index is 11.4. The van der Waals surface area contributed by atoms with E-state index >= 15 is 0 Å². The molecule has 346 valence electrons. The zero-order valence-electron chi connectivity index (χ0n) is 40.4. The van der Waals surface area contributed by atoms with Crippen LogP contribution in [-0.4, -0.2) is 38.4 Å². The third-order valence-electron chi connectivity index (χ3n) is 12.3.